The summed E-state index contributed by atoms with van der Waals surface area (Å²) in [6.07, 6.45) is 8.49. The van der Waals surface area contributed by atoms with Gasteiger partial charge in [-0.25, -0.2) is 9.37 Å². The average Bonchev–Trinajstić information content (AvgIpc) is 2.66. The van der Waals surface area contributed by atoms with Crippen LogP contribution >= 0.6 is 11.6 Å². The van der Waals surface area contributed by atoms with E-state index in [4.69, 9.17) is 17.3 Å². The maximum Gasteiger partial charge on any atom is 0.201 e. The molecule has 0 unspecified atom stereocenters. The number of nitrogen functional groups attached to an aromatic ring is 1. The van der Waals surface area contributed by atoms with Crippen LogP contribution in [0.4, 0.5) is 10.3 Å². The van der Waals surface area contributed by atoms with Crippen LogP contribution in [-0.4, -0.2) is 9.55 Å². The first-order valence-electron chi connectivity index (χ1n) is 7.29. The van der Waals surface area contributed by atoms with Crippen LogP contribution in [0.15, 0.2) is 12.1 Å². The van der Waals surface area contributed by atoms with Crippen LogP contribution in [0.2, 0.25) is 5.02 Å². The number of imidazole rings is 1. The van der Waals surface area contributed by atoms with E-state index in [1.165, 1.54) is 38.2 Å². The van der Waals surface area contributed by atoms with Crippen molar-refractivity contribution in [2.24, 2.45) is 0 Å². The molecule has 1 aromatic carbocycles. The van der Waals surface area contributed by atoms with E-state index in [0.29, 0.717) is 17.5 Å². The van der Waals surface area contributed by atoms with E-state index in [-0.39, 0.29) is 5.02 Å². The lowest BCUT2D eigenvalue weighted by molar-refractivity contribution is 0.381. The number of fused-ring (bicyclic) bond motifs is 1. The van der Waals surface area contributed by atoms with Crippen LogP contribution in [-0.2, 0) is 0 Å². The number of hydrogen-bond acceptors (Lipinski definition) is 2. The van der Waals surface area contributed by atoms with Crippen LogP contribution in [0.3, 0.4) is 0 Å². The number of benzene rings is 1. The summed E-state index contributed by atoms with van der Waals surface area (Å²) in [4.78, 5) is 4.29. The third-order valence-corrected chi connectivity index (χ3v) is 4.49. The fourth-order valence-electron chi connectivity index (χ4n) is 3.19. The van der Waals surface area contributed by atoms with E-state index < -0.39 is 5.82 Å². The highest BCUT2D eigenvalue weighted by atomic mass is 35.5. The number of anilines is 1. The molecule has 0 spiro atoms. The largest absolute Gasteiger partial charge is 0.369 e. The molecule has 5 heteroatoms. The molecule has 1 aliphatic carbocycles. The van der Waals surface area contributed by atoms with E-state index in [9.17, 15) is 4.39 Å². The van der Waals surface area contributed by atoms with E-state index in [0.717, 1.165) is 18.4 Å². The Morgan fingerprint density at radius 1 is 1.15 bits per heavy atom. The van der Waals surface area contributed by atoms with Gasteiger partial charge in [0, 0.05) is 12.1 Å². The average molecular weight is 296 g/mol. The normalized spacial score (nSPS) is 18.1. The van der Waals surface area contributed by atoms with Gasteiger partial charge in [0.1, 0.15) is 5.82 Å². The van der Waals surface area contributed by atoms with E-state index in [1.54, 1.807) is 6.07 Å². The molecule has 0 radical (unpaired) electrons. The first-order chi connectivity index (χ1) is 9.66. The Kier molecular flexibility index (Phi) is 3.83. The quantitative estimate of drug-likeness (QED) is 0.829. The minimum absolute atomic E-state index is 0.129. The molecular formula is C15H19ClFN3. The molecule has 1 aromatic heterocycles. The Morgan fingerprint density at radius 3 is 2.50 bits per heavy atom. The zero-order valence-corrected chi connectivity index (χ0v) is 12.2. The molecule has 2 aromatic rings. The molecule has 0 saturated heterocycles. The molecule has 0 amide bonds. The summed E-state index contributed by atoms with van der Waals surface area (Å²) in [5.41, 5.74) is 7.50. The fraction of sp³-hybridized carbons (Fsp3) is 0.533. The predicted molar refractivity (Wildman–Crippen MR) is 80.5 cm³/mol. The Morgan fingerprint density at radius 2 is 1.80 bits per heavy atom. The van der Waals surface area contributed by atoms with E-state index >= 15 is 0 Å². The second kappa shape index (κ2) is 5.60. The highest BCUT2D eigenvalue weighted by molar-refractivity contribution is 6.31. The summed E-state index contributed by atoms with van der Waals surface area (Å²) in [7, 11) is 0. The van der Waals surface area contributed by atoms with Gasteiger partial charge in [-0.2, -0.15) is 0 Å². The number of hydrogen-bond donors (Lipinski definition) is 1. The molecule has 0 aliphatic heterocycles. The number of halogens is 2. The van der Waals surface area contributed by atoms with Crippen molar-refractivity contribution in [1.82, 2.24) is 9.55 Å². The smallest absolute Gasteiger partial charge is 0.201 e. The van der Waals surface area contributed by atoms with Crippen LogP contribution in [0.1, 0.15) is 51.0 Å². The standard InChI is InChI=1S/C15H19ClFN3/c16-11-8-14-13(9-12(11)17)19-15(18)20(14)10-6-4-2-1-3-5-7-10/h8-10H,1-7H2,(H2,18,19). The first-order valence-corrected chi connectivity index (χ1v) is 7.67. The zero-order chi connectivity index (χ0) is 14.1. The topological polar surface area (TPSA) is 43.8 Å². The molecule has 0 bridgehead atoms. The summed E-state index contributed by atoms with van der Waals surface area (Å²) < 4.78 is 15.6. The molecule has 3 rings (SSSR count). The van der Waals surface area contributed by atoms with Crippen LogP contribution in [0.5, 0.6) is 0 Å². The zero-order valence-electron chi connectivity index (χ0n) is 11.4. The van der Waals surface area contributed by atoms with E-state index in [1.807, 2.05) is 4.57 Å². The number of rotatable bonds is 1. The van der Waals surface area contributed by atoms with Gasteiger partial charge in [0.2, 0.25) is 5.95 Å². The summed E-state index contributed by atoms with van der Waals surface area (Å²) in [6, 6.07) is 3.36. The summed E-state index contributed by atoms with van der Waals surface area (Å²) in [5, 5.41) is 0.129. The molecule has 1 aliphatic rings. The lowest BCUT2D eigenvalue weighted by atomic mass is 9.96. The first kappa shape index (κ1) is 13.7. The Hall–Kier alpha value is -1.29. The van der Waals surface area contributed by atoms with Crippen molar-refractivity contribution < 1.29 is 4.39 Å². The lowest BCUT2D eigenvalue weighted by Gasteiger charge is -2.22. The highest BCUT2D eigenvalue weighted by Crippen LogP contribution is 2.33. The van der Waals surface area contributed by atoms with Gasteiger partial charge in [0.15, 0.2) is 0 Å². The van der Waals surface area contributed by atoms with Crippen LogP contribution in [0, 0.1) is 5.82 Å². The van der Waals surface area contributed by atoms with Gasteiger partial charge in [-0.05, 0) is 18.9 Å². The van der Waals surface area contributed by atoms with Crippen molar-refractivity contribution in [2.75, 3.05) is 5.73 Å². The Labute approximate surface area is 122 Å². The molecule has 2 N–H and O–H groups in total. The number of nitrogens with two attached hydrogens (primary N) is 1. The van der Waals surface area contributed by atoms with Gasteiger partial charge in [-0.15, -0.1) is 0 Å². The Balaban J connectivity index is 2.04. The van der Waals surface area contributed by atoms with Gasteiger partial charge in [0.25, 0.3) is 0 Å². The highest BCUT2D eigenvalue weighted by Gasteiger charge is 2.20. The maximum absolute atomic E-state index is 13.5. The molecule has 1 saturated carbocycles. The van der Waals surface area contributed by atoms with Crippen molar-refractivity contribution in [3.63, 3.8) is 0 Å². The van der Waals surface area contributed by atoms with Crippen LogP contribution < -0.4 is 5.73 Å². The van der Waals surface area contributed by atoms with E-state index in [2.05, 4.69) is 4.98 Å². The lowest BCUT2D eigenvalue weighted by Crippen LogP contribution is -2.13. The minimum atomic E-state index is -0.443. The monoisotopic (exact) mass is 295 g/mol. The van der Waals surface area contributed by atoms with Gasteiger partial charge in [-0.1, -0.05) is 43.7 Å². The third kappa shape index (κ3) is 2.49. The molecule has 1 fully saturated rings. The summed E-state index contributed by atoms with van der Waals surface area (Å²) >= 11 is 5.91. The van der Waals surface area contributed by atoms with Crippen molar-refractivity contribution in [3.8, 4) is 0 Å². The second-order valence-electron chi connectivity index (χ2n) is 5.59. The van der Waals surface area contributed by atoms with Gasteiger partial charge in [0.05, 0.1) is 16.1 Å². The number of nitrogens with zero attached hydrogens (tertiary/aromatic N) is 2. The van der Waals surface area contributed by atoms with Crippen LogP contribution in [0.25, 0.3) is 11.0 Å². The molecule has 0 atom stereocenters. The van der Waals surface area contributed by atoms with Gasteiger partial charge < -0.3 is 10.3 Å². The molecule has 20 heavy (non-hydrogen) atoms. The molecule has 3 nitrogen and oxygen atoms in total. The molecular weight excluding hydrogens is 277 g/mol. The minimum Gasteiger partial charge on any atom is -0.369 e. The van der Waals surface area contributed by atoms with Gasteiger partial charge >= 0.3 is 0 Å². The Bertz CT molecular complexity index is 615. The molecule has 108 valence electrons. The van der Waals surface area contributed by atoms with Crippen molar-refractivity contribution >= 4 is 28.6 Å². The second-order valence-corrected chi connectivity index (χ2v) is 6.00. The predicted octanol–water partition coefficient (Wildman–Crippen LogP) is 4.70. The number of aromatic nitrogens is 2. The summed E-state index contributed by atoms with van der Waals surface area (Å²) in [6.45, 7) is 0. The molecule has 1 heterocycles. The SMILES string of the molecule is Nc1nc2cc(F)c(Cl)cc2n1C1CCCCCCC1. The van der Waals surface area contributed by atoms with Crippen molar-refractivity contribution in [2.45, 2.75) is 51.0 Å². The van der Waals surface area contributed by atoms with Gasteiger partial charge in [-0.3, -0.25) is 0 Å². The van der Waals surface area contributed by atoms with Crippen molar-refractivity contribution in [3.05, 3.63) is 23.0 Å². The fourth-order valence-corrected chi connectivity index (χ4v) is 3.34. The maximum atomic E-state index is 13.5. The summed E-state index contributed by atoms with van der Waals surface area (Å²) in [5.74, 6) is 0.0220. The van der Waals surface area contributed by atoms with Crippen molar-refractivity contribution in [1.29, 1.82) is 0 Å². The third-order valence-electron chi connectivity index (χ3n) is 4.20.